The number of nitrogens with one attached hydrogen (secondary N) is 1. The first-order chi connectivity index (χ1) is 13.5. The smallest absolute Gasteiger partial charge is 0.261 e. The van der Waals surface area contributed by atoms with E-state index in [2.05, 4.69) is 5.32 Å². The van der Waals surface area contributed by atoms with Gasteiger partial charge in [-0.15, -0.1) is 0 Å². The number of hydrogen-bond acceptors (Lipinski definition) is 4. The summed E-state index contributed by atoms with van der Waals surface area (Å²) in [6.45, 7) is 4.04. The molecule has 150 valence electrons. The van der Waals surface area contributed by atoms with Gasteiger partial charge in [-0.25, -0.2) is 0 Å². The van der Waals surface area contributed by atoms with Gasteiger partial charge in [0.05, 0.1) is 7.11 Å². The molecular formula is C22H28N2O4. The molecule has 0 spiro atoms. The van der Waals surface area contributed by atoms with Crippen molar-refractivity contribution in [2.45, 2.75) is 32.9 Å². The van der Waals surface area contributed by atoms with E-state index < -0.39 is 6.04 Å². The van der Waals surface area contributed by atoms with Crippen molar-refractivity contribution in [1.82, 2.24) is 10.2 Å². The third kappa shape index (κ3) is 5.49. The van der Waals surface area contributed by atoms with Crippen molar-refractivity contribution in [2.24, 2.45) is 0 Å². The van der Waals surface area contributed by atoms with Crippen LogP contribution in [0.3, 0.4) is 0 Å². The summed E-state index contributed by atoms with van der Waals surface area (Å²) in [7, 11) is 3.12. The van der Waals surface area contributed by atoms with Gasteiger partial charge in [-0.2, -0.15) is 0 Å². The summed E-state index contributed by atoms with van der Waals surface area (Å²) < 4.78 is 10.9. The van der Waals surface area contributed by atoms with Gasteiger partial charge in [-0.05, 0) is 31.0 Å². The minimum Gasteiger partial charge on any atom is -0.493 e. The van der Waals surface area contributed by atoms with Crippen LogP contribution in [0.4, 0.5) is 0 Å². The van der Waals surface area contributed by atoms with Crippen LogP contribution in [0.25, 0.3) is 0 Å². The summed E-state index contributed by atoms with van der Waals surface area (Å²) in [5.41, 5.74) is 2.07. The second-order valence-corrected chi connectivity index (χ2v) is 6.49. The Morgan fingerprint density at radius 2 is 1.82 bits per heavy atom. The topological polar surface area (TPSA) is 67.9 Å². The van der Waals surface area contributed by atoms with Crippen LogP contribution in [0.15, 0.2) is 48.5 Å². The molecule has 0 radical (unpaired) electrons. The van der Waals surface area contributed by atoms with Crippen LogP contribution >= 0.6 is 0 Å². The fourth-order valence-electron chi connectivity index (χ4n) is 3.05. The maximum absolute atomic E-state index is 13.0. The first kappa shape index (κ1) is 21.3. The molecule has 0 aromatic heterocycles. The number of rotatable bonds is 9. The van der Waals surface area contributed by atoms with E-state index in [9.17, 15) is 9.59 Å². The van der Waals surface area contributed by atoms with Gasteiger partial charge >= 0.3 is 0 Å². The Morgan fingerprint density at radius 3 is 2.43 bits per heavy atom. The summed E-state index contributed by atoms with van der Waals surface area (Å²) in [4.78, 5) is 26.9. The third-order valence-corrected chi connectivity index (χ3v) is 4.49. The van der Waals surface area contributed by atoms with Crippen LogP contribution in [0.1, 0.15) is 24.5 Å². The molecule has 0 aliphatic carbocycles. The van der Waals surface area contributed by atoms with Crippen molar-refractivity contribution < 1.29 is 19.1 Å². The van der Waals surface area contributed by atoms with Gasteiger partial charge in [-0.3, -0.25) is 9.59 Å². The highest BCUT2D eigenvalue weighted by molar-refractivity contribution is 5.88. The SMILES string of the molecule is CCC(C(=O)NC)N(Cc1cccc(C)c1)C(=O)COc1ccccc1OC. The number of aryl methyl sites for hydroxylation is 1. The van der Waals surface area contributed by atoms with Crippen LogP contribution in [0.2, 0.25) is 0 Å². The van der Waals surface area contributed by atoms with Crippen LogP contribution in [0, 0.1) is 6.92 Å². The Morgan fingerprint density at radius 1 is 1.11 bits per heavy atom. The number of benzene rings is 2. The molecule has 2 aromatic rings. The summed E-state index contributed by atoms with van der Waals surface area (Å²) >= 11 is 0. The van der Waals surface area contributed by atoms with Crippen molar-refractivity contribution in [2.75, 3.05) is 20.8 Å². The van der Waals surface area contributed by atoms with E-state index in [1.54, 1.807) is 31.2 Å². The minimum absolute atomic E-state index is 0.181. The zero-order valence-electron chi connectivity index (χ0n) is 16.9. The third-order valence-electron chi connectivity index (χ3n) is 4.49. The second-order valence-electron chi connectivity index (χ2n) is 6.49. The van der Waals surface area contributed by atoms with E-state index in [4.69, 9.17) is 9.47 Å². The van der Waals surface area contributed by atoms with Crippen molar-refractivity contribution in [1.29, 1.82) is 0 Å². The number of nitrogens with zero attached hydrogens (tertiary/aromatic N) is 1. The van der Waals surface area contributed by atoms with E-state index in [0.717, 1.165) is 11.1 Å². The van der Waals surface area contributed by atoms with Gasteiger partial charge in [0.1, 0.15) is 6.04 Å². The molecule has 28 heavy (non-hydrogen) atoms. The molecule has 2 aromatic carbocycles. The lowest BCUT2D eigenvalue weighted by Crippen LogP contribution is -2.49. The van der Waals surface area contributed by atoms with Crippen LogP contribution in [-0.2, 0) is 16.1 Å². The zero-order chi connectivity index (χ0) is 20.5. The Kier molecular flexibility index (Phi) is 7.87. The van der Waals surface area contributed by atoms with E-state index in [-0.39, 0.29) is 18.4 Å². The quantitative estimate of drug-likeness (QED) is 0.722. The number of amides is 2. The molecule has 1 N–H and O–H groups in total. The first-order valence-corrected chi connectivity index (χ1v) is 9.32. The molecule has 0 heterocycles. The van der Waals surface area contributed by atoms with E-state index >= 15 is 0 Å². The lowest BCUT2D eigenvalue weighted by molar-refractivity contribution is -0.142. The van der Waals surface area contributed by atoms with Crippen molar-refractivity contribution >= 4 is 11.8 Å². The molecule has 1 unspecified atom stereocenters. The number of para-hydroxylation sites is 2. The highest BCUT2D eigenvalue weighted by Crippen LogP contribution is 2.26. The van der Waals surface area contributed by atoms with Crippen LogP contribution in [-0.4, -0.2) is 43.5 Å². The predicted octanol–water partition coefficient (Wildman–Crippen LogP) is 2.94. The highest BCUT2D eigenvalue weighted by atomic mass is 16.5. The summed E-state index contributed by atoms with van der Waals surface area (Å²) in [5.74, 6) is 0.587. The number of carbonyl (C=O) groups excluding carboxylic acids is 2. The lowest BCUT2D eigenvalue weighted by Gasteiger charge is -2.30. The number of likely N-dealkylation sites (N-methyl/N-ethyl adjacent to an activating group) is 1. The number of hydrogen-bond donors (Lipinski definition) is 1. The molecule has 6 heteroatoms. The Balaban J connectivity index is 2.21. The maximum atomic E-state index is 13.0. The van der Waals surface area contributed by atoms with Gasteiger partial charge in [0.15, 0.2) is 18.1 Å². The maximum Gasteiger partial charge on any atom is 0.261 e. The van der Waals surface area contributed by atoms with E-state index in [1.807, 2.05) is 50.2 Å². The number of methoxy groups -OCH3 is 1. The van der Waals surface area contributed by atoms with E-state index in [0.29, 0.717) is 24.5 Å². The van der Waals surface area contributed by atoms with Gasteiger partial charge in [0.25, 0.3) is 5.91 Å². The monoisotopic (exact) mass is 384 g/mol. The van der Waals surface area contributed by atoms with Crippen molar-refractivity contribution in [3.05, 3.63) is 59.7 Å². The average Bonchev–Trinajstić information content (AvgIpc) is 2.71. The molecule has 0 fully saturated rings. The normalized spacial score (nSPS) is 11.4. The Bertz CT molecular complexity index is 807. The predicted molar refractivity (Wildman–Crippen MR) is 108 cm³/mol. The zero-order valence-corrected chi connectivity index (χ0v) is 16.9. The first-order valence-electron chi connectivity index (χ1n) is 9.32. The average molecular weight is 384 g/mol. The summed E-state index contributed by atoms with van der Waals surface area (Å²) in [6, 6.07) is 14.5. The molecule has 0 saturated carbocycles. The largest absolute Gasteiger partial charge is 0.493 e. The number of carbonyl (C=O) groups is 2. The minimum atomic E-state index is -0.570. The highest BCUT2D eigenvalue weighted by Gasteiger charge is 2.28. The summed E-state index contributed by atoms with van der Waals surface area (Å²) in [6.07, 6.45) is 0.506. The molecule has 0 aliphatic rings. The van der Waals surface area contributed by atoms with Crippen molar-refractivity contribution in [3.8, 4) is 11.5 Å². The molecular weight excluding hydrogens is 356 g/mol. The molecule has 0 aliphatic heterocycles. The second kappa shape index (κ2) is 10.3. The van der Waals surface area contributed by atoms with Crippen LogP contribution in [0.5, 0.6) is 11.5 Å². The summed E-state index contributed by atoms with van der Waals surface area (Å²) in [5, 5.41) is 2.65. The van der Waals surface area contributed by atoms with Crippen LogP contribution < -0.4 is 14.8 Å². The fraction of sp³-hybridized carbons (Fsp3) is 0.364. The van der Waals surface area contributed by atoms with Gasteiger partial charge < -0.3 is 19.7 Å². The van der Waals surface area contributed by atoms with Gasteiger partial charge in [0.2, 0.25) is 5.91 Å². The lowest BCUT2D eigenvalue weighted by atomic mass is 10.1. The fourth-order valence-corrected chi connectivity index (χ4v) is 3.05. The molecule has 2 rings (SSSR count). The van der Waals surface area contributed by atoms with Gasteiger partial charge in [-0.1, -0.05) is 48.9 Å². The van der Waals surface area contributed by atoms with Gasteiger partial charge in [0, 0.05) is 13.6 Å². The molecule has 6 nitrogen and oxygen atoms in total. The number of ether oxygens (including phenoxy) is 2. The Hall–Kier alpha value is -3.02. The molecule has 1 atom stereocenters. The molecule has 0 saturated heterocycles. The van der Waals surface area contributed by atoms with Crippen molar-refractivity contribution in [3.63, 3.8) is 0 Å². The molecule has 2 amide bonds. The van der Waals surface area contributed by atoms with E-state index in [1.165, 1.54) is 0 Å². The standard InChI is InChI=1S/C22H28N2O4/c1-5-18(22(26)23-3)24(14-17-10-8-9-16(2)13-17)21(25)15-28-20-12-7-6-11-19(20)27-4/h6-13,18H,5,14-15H2,1-4H3,(H,23,26). The molecule has 0 bridgehead atoms. The Labute approximate surface area is 166 Å².